The lowest BCUT2D eigenvalue weighted by atomic mass is 10.1. The zero-order valence-electron chi connectivity index (χ0n) is 14.1. The van der Waals surface area contributed by atoms with E-state index in [9.17, 15) is 4.79 Å². The fraction of sp³-hybridized carbons (Fsp3) is 0.200. The Labute approximate surface area is 145 Å². The van der Waals surface area contributed by atoms with Crippen molar-refractivity contribution >= 4 is 27.8 Å². The molecule has 1 amide bonds. The van der Waals surface area contributed by atoms with Gasteiger partial charge in [-0.15, -0.1) is 0 Å². The summed E-state index contributed by atoms with van der Waals surface area (Å²) in [5.74, 6) is 0.927. The van der Waals surface area contributed by atoms with E-state index in [0.29, 0.717) is 12.1 Å². The van der Waals surface area contributed by atoms with Gasteiger partial charge in [0.05, 0.1) is 11.0 Å². The summed E-state index contributed by atoms with van der Waals surface area (Å²) in [6.45, 7) is 0.628. The maximum atomic E-state index is 12.3. The number of aromatic amines is 1. The Bertz CT molecular complexity index is 1010. The van der Waals surface area contributed by atoms with Crippen LogP contribution in [0.15, 0.2) is 54.7 Å². The molecule has 0 unspecified atom stereocenters. The molecular weight excluding hydrogens is 312 g/mol. The molecule has 2 aromatic heterocycles. The third kappa shape index (κ3) is 3.13. The van der Waals surface area contributed by atoms with Crippen molar-refractivity contribution in [1.29, 1.82) is 0 Å². The van der Waals surface area contributed by atoms with Crippen molar-refractivity contribution in [2.45, 2.75) is 12.8 Å². The van der Waals surface area contributed by atoms with Crippen molar-refractivity contribution in [3.05, 3.63) is 66.1 Å². The van der Waals surface area contributed by atoms with Gasteiger partial charge >= 0.3 is 0 Å². The van der Waals surface area contributed by atoms with Crippen LogP contribution in [-0.2, 0) is 13.5 Å². The number of carbonyl (C=O) groups is 1. The van der Waals surface area contributed by atoms with Gasteiger partial charge in [-0.1, -0.05) is 12.1 Å². The summed E-state index contributed by atoms with van der Waals surface area (Å²) in [4.78, 5) is 20.2. The van der Waals surface area contributed by atoms with Crippen molar-refractivity contribution in [1.82, 2.24) is 19.9 Å². The molecule has 5 nitrogen and oxygen atoms in total. The number of para-hydroxylation sites is 2. The minimum Gasteiger partial charge on any atom is -0.352 e. The second kappa shape index (κ2) is 6.43. The zero-order chi connectivity index (χ0) is 17.2. The molecule has 2 N–H and O–H groups in total. The first-order valence-electron chi connectivity index (χ1n) is 8.47. The van der Waals surface area contributed by atoms with Crippen molar-refractivity contribution in [3.63, 3.8) is 0 Å². The van der Waals surface area contributed by atoms with Gasteiger partial charge in [-0.2, -0.15) is 0 Å². The predicted molar refractivity (Wildman–Crippen MR) is 99.7 cm³/mol. The van der Waals surface area contributed by atoms with Crippen LogP contribution in [0.3, 0.4) is 0 Å². The molecule has 0 spiro atoms. The molecule has 2 aromatic carbocycles. The Morgan fingerprint density at radius 3 is 2.96 bits per heavy atom. The van der Waals surface area contributed by atoms with Crippen LogP contribution in [0.5, 0.6) is 0 Å². The van der Waals surface area contributed by atoms with Gasteiger partial charge in [0.15, 0.2) is 0 Å². The average molecular weight is 332 g/mol. The Kier molecular flexibility index (Phi) is 3.98. The molecule has 0 bridgehead atoms. The van der Waals surface area contributed by atoms with Gasteiger partial charge in [-0.05, 0) is 42.8 Å². The second-order valence-electron chi connectivity index (χ2n) is 6.26. The van der Waals surface area contributed by atoms with Crippen LogP contribution in [0, 0.1) is 0 Å². The van der Waals surface area contributed by atoms with E-state index in [-0.39, 0.29) is 5.91 Å². The number of aromatic nitrogens is 3. The third-order valence-electron chi connectivity index (χ3n) is 4.46. The quantitative estimate of drug-likeness (QED) is 0.550. The second-order valence-corrected chi connectivity index (χ2v) is 6.26. The van der Waals surface area contributed by atoms with Crippen LogP contribution in [0.25, 0.3) is 21.9 Å². The summed E-state index contributed by atoms with van der Waals surface area (Å²) in [5, 5.41) is 4.07. The minimum absolute atomic E-state index is 0.0321. The molecule has 25 heavy (non-hydrogen) atoms. The molecule has 0 fully saturated rings. The van der Waals surface area contributed by atoms with Gasteiger partial charge in [0.25, 0.3) is 5.91 Å². The first-order chi connectivity index (χ1) is 12.2. The molecule has 0 aliphatic carbocycles. The van der Waals surface area contributed by atoms with E-state index >= 15 is 0 Å². The van der Waals surface area contributed by atoms with Gasteiger partial charge in [-0.25, -0.2) is 4.98 Å². The number of hydrogen-bond acceptors (Lipinski definition) is 2. The summed E-state index contributed by atoms with van der Waals surface area (Å²) in [6, 6.07) is 15.8. The van der Waals surface area contributed by atoms with Gasteiger partial charge in [0, 0.05) is 42.7 Å². The normalized spacial score (nSPS) is 11.2. The Balaban J connectivity index is 1.33. The first-order valence-corrected chi connectivity index (χ1v) is 8.47. The highest BCUT2D eigenvalue weighted by molar-refractivity contribution is 5.98. The van der Waals surface area contributed by atoms with Gasteiger partial charge in [0.2, 0.25) is 0 Å². The number of amides is 1. The Hall–Kier alpha value is -3.08. The van der Waals surface area contributed by atoms with Crippen molar-refractivity contribution < 1.29 is 4.79 Å². The fourth-order valence-corrected chi connectivity index (χ4v) is 3.11. The van der Waals surface area contributed by atoms with E-state index in [0.717, 1.165) is 40.6 Å². The summed E-state index contributed by atoms with van der Waals surface area (Å²) >= 11 is 0. The number of fused-ring (bicyclic) bond motifs is 2. The molecule has 0 aliphatic heterocycles. The molecule has 0 saturated heterocycles. The lowest BCUT2D eigenvalue weighted by molar-refractivity contribution is 0.0953. The molecule has 126 valence electrons. The van der Waals surface area contributed by atoms with Crippen LogP contribution < -0.4 is 5.32 Å². The lowest BCUT2D eigenvalue weighted by Crippen LogP contribution is -2.24. The van der Waals surface area contributed by atoms with Crippen LogP contribution in [-0.4, -0.2) is 27.0 Å². The number of rotatable bonds is 5. The molecule has 4 rings (SSSR count). The highest BCUT2D eigenvalue weighted by Crippen LogP contribution is 2.16. The SMILES string of the molecule is Cn1ccc2cc(C(=O)NCCCc3nc4ccccc4[nH]3)ccc21. The number of benzene rings is 2. The number of hydrogen-bond donors (Lipinski definition) is 2. The Morgan fingerprint density at radius 2 is 2.08 bits per heavy atom. The highest BCUT2D eigenvalue weighted by atomic mass is 16.1. The lowest BCUT2D eigenvalue weighted by Gasteiger charge is -2.05. The molecule has 0 atom stereocenters. The topological polar surface area (TPSA) is 62.7 Å². The van der Waals surface area contributed by atoms with Crippen LogP contribution >= 0.6 is 0 Å². The van der Waals surface area contributed by atoms with Crippen molar-refractivity contribution in [2.24, 2.45) is 7.05 Å². The number of carbonyl (C=O) groups excluding carboxylic acids is 1. The van der Waals surface area contributed by atoms with Crippen LogP contribution in [0.1, 0.15) is 22.6 Å². The average Bonchev–Trinajstić information content (AvgIpc) is 3.21. The standard InChI is InChI=1S/C20H20N4O/c1-24-12-10-14-13-15(8-9-18(14)24)20(25)21-11-4-7-19-22-16-5-2-3-6-17(16)23-19/h2-3,5-6,8-10,12-13H,4,7,11H2,1H3,(H,21,25)(H,22,23). The number of imidazole rings is 1. The van der Waals surface area contributed by atoms with Crippen LogP contribution in [0.4, 0.5) is 0 Å². The van der Waals surface area contributed by atoms with Gasteiger partial charge in [-0.3, -0.25) is 4.79 Å². The molecule has 5 heteroatoms. The number of aryl methyl sites for hydroxylation is 2. The largest absolute Gasteiger partial charge is 0.352 e. The highest BCUT2D eigenvalue weighted by Gasteiger charge is 2.08. The molecule has 2 heterocycles. The summed E-state index contributed by atoms with van der Waals surface area (Å²) in [6.07, 6.45) is 3.66. The van der Waals surface area contributed by atoms with E-state index < -0.39 is 0 Å². The first kappa shape index (κ1) is 15.4. The van der Waals surface area contributed by atoms with E-state index in [4.69, 9.17) is 0 Å². The number of nitrogens with zero attached hydrogens (tertiary/aromatic N) is 2. The van der Waals surface area contributed by atoms with Gasteiger partial charge in [0.1, 0.15) is 5.82 Å². The zero-order valence-corrected chi connectivity index (χ0v) is 14.1. The summed E-state index contributed by atoms with van der Waals surface area (Å²) in [5.41, 5.74) is 3.86. The molecule has 0 aliphatic rings. The van der Waals surface area contributed by atoms with E-state index in [1.807, 2.05) is 66.3 Å². The minimum atomic E-state index is -0.0321. The number of nitrogens with one attached hydrogen (secondary N) is 2. The molecule has 0 saturated carbocycles. The molecular formula is C20H20N4O. The summed E-state index contributed by atoms with van der Waals surface area (Å²) < 4.78 is 2.05. The smallest absolute Gasteiger partial charge is 0.251 e. The predicted octanol–water partition coefficient (Wildman–Crippen LogP) is 3.42. The fourth-order valence-electron chi connectivity index (χ4n) is 3.11. The third-order valence-corrected chi connectivity index (χ3v) is 4.46. The van der Waals surface area contributed by atoms with Gasteiger partial charge < -0.3 is 14.9 Å². The Morgan fingerprint density at radius 1 is 1.20 bits per heavy atom. The van der Waals surface area contributed by atoms with E-state index in [1.165, 1.54) is 0 Å². The molecule has 0 radical (unpaired) electrons. The van der Waals surface area contributed by atoms with Crippen molar-refractivity contribution in [3.8, 4) is 0 Å². The van der Waals surface area contributed by atoms with E-state index in [2.05, 4.69) is 15.3 Å². The maximum Gasteiger partial charge on any atom is 0.251 e. The molecule has 4 aromatic rings. The van der Waals surface area contributed by atoms with Crippen molar-refractivity contribution in [2.75, 3.05) is 6.54 Å². The monoisotopic (exact) mass is 332 g/mol. The maximum absolute atomic E-state index is 12.3. The number of H-pyrrole nitrogens is 1. The van der Waals surface area contributed by atoms with Crippen LogP contribution in [0.2, 0.25) is 0 Å². The van der Waals surface area contributed by atoms with E-state index in [1.54, 1.807) is 0 Å². The summed E-state index contributed by atoms with van der Waals surface area (Å²) in [7, 11) is 2.00.